The minimum atomic E-state index is -0.339. The number of ether oxygens (including phenoxy) is 2. The largest absolute Gasteiger partial charge is 0.351 e. The molecule has 1 aliphatic rings. The maximum absolute atomic E-state index is 12.2. The molecule has 1 amide bonds. The number of amides is 1. The summed E-state index contributed by atoms with van der Waals surface area (Å²) < 4.78 is 10.8. The second-order valence-corrected chi connectivity index (χ2v) is 4.86. The van der Waals surface area contributed by atoms with Crippen LogP contribution in [0.25, 0.3) is 0 Å². The Balaban J connectivity index is 2.38. The molecule has 0 bridgehead atoms. The van der Waals surface area contributed by atoms with E-state index >= 15 is 0 Å². The molecule has 0 unspecified atom stereocenters. The van der Waals surface area contributed by atoms with E-state index in [2.05, 4.69) is 10.6 Å². The van der Waals surface area contributed by atoms with Crippen LogP contribution in [0.15, 0.2) is 0 Å². The van der Waals surface area contributed by atoms with Gasteiger partial charge < -0.3 is 20.1 Å². The average Bonchev–Trinajstić information content (AvgIpc) is 2.37. The van der Waals surface area contributed by atoms with Gasteiger partial charge in [0.2, 0.25) is 5.91 Å². The summed E-state index contributed by atoms with van der Waals surface area (Å²) >= 11 is 0. The molecule has 0 saturated carbocycles. The van der Waals surface area contributed by atoms with Crippen LogP contribution in [0.5, 0.6) is 0 Å². The van der Waals surface area contributed by atoms with Crippen molar-refractivity contribution in [2.24, 2.45) is 5.41 Å². The van der Waals surface area contributed by atoms with Gasteiger partial charge in [0.25, 0.3) is 0 Å². The first kappa shape index (κ1) is 15.4. The van der Waals surface area contributed by atoms with Crippen LogP contribution in [0.3, 0.4) is 0 Å². The topological polar surface area (TPSA) is 59.6 Å². The lowest BCUT2D eigenvalue weighted by Gasteiger charge is -2.33. The van der Waals surface area contributed by atoms with Gasteiger partial charge in [-0.15, -0.1) is 0 Å². The van der Waals surface area contributed by atoms with Crippen molar-refractivity contribution in [3.05, 3.63) is 0 Å². The molecule has 1 rings (SSSR count). The summed E-state index contributed by atoms with van der Waals surface area (Å²) in [5, 5.41) is 6.22. The molecular formula is C13H26N2O3. The molecule has 0 aromatic heterocycles. The van der Waals surface area contributed by atoms with E-state index in [1.54, 1.807) is 0 Å². The van der Waals surface area contributed by atoms with Crippen molar-refractivity contribution in [2.45, 2.75) is 39.9 Å². The van der Waals surface area contributed by atoms with Crippen LogP contribution in [-0.2, 0) is 14.3 Å². The fraction of sp³-hybridized carbons (Fsp3) is 0.923. The third kappa shape index (κ3) is 4.55. The Morgan fingerprint density at radius 2 is 1.83 bits per heavy atom. The van der Waals surface area contributed by atoms with Crippen molar-refractivity contribution in [1.82, 2.24) is 10.6 Å². The average molecular weight is 258 g/mol. The van der Waals surface area contributed by atoms with Crippen LogP contribution < -0.4 is 10.6 Å². The number of hydrogen-bond donors (Lipinski definition) is 2. The zero-order valence-corrected chi connectivity index (χ0v) is 11.8. The molecule has 0 spiro atoms. The van der Waals surface area contributed by atoms with Gasteiger partial charge in [0, 0.05) is 18.6 Å². The normalized spacial score (nSPS) is 18.9. The molecule has 0 aromatic rings. The predicted octanol–water partition coefficient (Wildman–Crippen LogP) is 0.891. The van der Waals surface area contributed by atoms with Crippen molar-refractivity contribution in [3.63, 3.8) is 0 Å². The first-order chi connectivity index (χ1) is 8.62. The third-order valence-corrected chi connectivity index (χ3v) is 3.39. The van der Waals surface area contributed by atoms with Crippen molar-refractivity contribution in [3.8, 4) is 0 Å². The van der Waals surface area contributed by atoms with Crippen molar-refractivity contribution in [1.29, 1.82) is 0 Å². The molecule has 5 heteroatoms. The number of carbonyl (C=O) groups excluding carboxylic acids is 1. The van der Waals surface area contributed by atoms with Crippen LogP contribution in [0, 0.1) is 5.41 Å². The predicted molar refractivity (Wildman–Crippen MR) is 70.3 cm³/mol. The van der Waals surface area contributed by atoms with Gasteiger partial charge in [0.1, 0.15) is 0 Å². The highest BCUT2D eigenvalue weighted by atomic mass is 16.7. The van der Waals surface area contributed by atoms with E-state index in [4.69, 9.17) is 9.47 Å². The number of nitrogens with one attached hydrogen (secondary N) is 2. The van der Waals surface area contributed by atoms with E-state index in [0.717, 1.165) is 25.9 Å². The smallest absolute Gasteiger partial charge is 0.226 e. The van der Waals surface area contributed by atoms with Crippen LogP contribution >= 0.6 is 0 Å². The second-order valence-electron chi connectivity index (χ2n) is 4.86. The van der Waals surface area contributed by atoms with E-state index in [0.29, 0.717) is 19.8 Å². The third-order valence-electron chi connectivity index (χ3n) is 3.39. The Kier molecular flexibility index (Phi) is 6.60. The summed E-state index contributed by atoms with van der Waals surface area (Å²) in [6.45, 7) is 9.27. The SMILES string of the molecule is CCOC(CNC(=O)C1(C)CCNCC1)OCC. The van der Waals surface area contributed by atoms with Gasteiger partial charge in [-0.05, 0) is 39.8 Å². The summed E-state index contributed by atoms with van der Waals surface area (Å²) in [7, 11) is 0. The molecule has 0 radical (unpaired) electrons. The van der Waals surface area contributed by atoms with Gasteiger partial charge >= 0.3 is 0 Å². The molecule has 1 aliphatic heterocycles. The van der Waals surface area contributed by atoms with Crippen molar-refractivity contribution < 1.29 is 14.3 Å². The molecule has 1 saturated heterocycles. The number of carbonyl (C=O) groups is 1. The standard InChI is InChI=1S/C13H26N2O3/c1-4-17-11(18-5-2)10-15-12(16)13(3)6-8-14-9-7-13/h11,14H,4-10H2,1-3H3,(H,15,16). The number of piperidine rings is 1. The molecule has 2 N–H and O–H groups in total. The van der Waals surface area contributed by atoms with Crippen molar-refractivity contribution >= 4 is 5.91 Å². The minimum absolute atomic E-state index is 0.105. The lowest BCUT2D eigenvalue weighted by Crippen LogP contribution is -2.48. The minimum Gasteiger partial charge on any atom is -0.351 e. The molecule has 0 aromatic carbocycles. The number of rotatable bonds is 7. The van der Waals surface area contributed by atoms with E-state index in [1.807, 2.05) is 20.8 Å². The van der Waals surface area contributed by atoms with Gasteiger partial charge in [-0.25, -0.2) is 0 Å². The van der Waals surface area contributed by atoms with Crippen LogP contribution in [-0.4, -0.2) is 45.0 Å². The fourth-order valence-electron chi connectivity index (χ4n) is 2.13. The Morgan fingerprint density at radius 1 is 1.28 bits per heavy atom. The zero-order chi connectivity index (χ0) is 13.4. The Labute approximate surface area is 110 Å². The van der Waals surface area contributed by atoms with Crippen LogP contribution in [0.1, 0.15) is 33.6 Å². The molecule has 5 nitrogen and oxygen atoms in total. The second kappa shape index (κ2) is 7.71. The summed E-state index contributed by atoms with van der Waals surface area (Å²) in [6.07, 6.45) is 1.42. The molecule has 106 valence electrons. The van der Waals surface area contributed by atoms with E-state index < -0.39 is 0 Å². The lowest BCUT2D eigenvalue weighted by atomic mass is 9.80. The van der Waals surface area contributed by atoms with E-state index in [9.17, 15) is 4.79 Å². The first-order valence-corrected chi connectivity index (χ1v) is 6.84. The van der Waals surface area contributed by atoms with Crippen LogP contribution in [0.2, 0.25) is 0 Å². The van der Waals surface area contributed by atoms with Gasteiger partial charge in [0.05, 0.1) is 6.54 Å². The Morgan fingerprint density at radius 3 is 2.33 bits per heavy atom. The molecule has 0 aliphatic carbocycles. The quantitative estimate of drug-likeness (QED) is 0.666. The Hall–Kier alpha value is -0.650. The van der Waals surface area contributed by atoms with Gasteiger partial charge in [-0.3, -0.25) is 4.79 Å². The lowest BCUT2D eigenvalue weighted by molar-refractivity contribution is -0.145. The van der Waals surface area contributed by atoms with Gasteiger partial charge in [-0.1, -0.05) is 6.92 Å². The zero-order valence-electron chi connectivity index (χ0n) is 11.8. The van der Waals surface area contributed by atoms with E-state index in [1.165, 1.54) is 0 Å². The van der Waals surface area contributed by atoms with Gasteiger partial charge in [0.15, 0.2) is 6.29 Å². The summed E-state index contributed by atoms with van der Waals surface area (Å²) in [4.78, 5) is 12.2. The first-order valence-electron chi connectivity index (χ1n) is 6.84. The monoisotopic (exact) mass is 258 g/mol. The van der Waals surface area contributed by atoms with Gasteiger partial charge in [-0.2, -0.15) is 0 Å². The maximum Gasteiger partial charge on any atom is 0.226 e. The fourth-order valence-corrected chi connectivity index (χ4v) is 2.13. The molecular weight excluding hydrogens is 232 g/mol. The molecule has 0 atom stereocenters. The maximum atomic E-state index is 12.2. The molecule has 1 fully saturated rings. The summed E-state index contributed by atoms with van der Waals surface area (Å²) in [5.74, 6) is 0.105. The van der Waals surface area contributed by atoms with Crippen LogP contribution in [0.4, 0.5) is 0 Å². The number of hydrogen-bond acceptors (Lipinski definition) is 4. The highest BCUT2D eigenvalue weighted by molar-refractivity contribution is 5.82. The van der Waals surface area contributed by atoms with E-state index in [-0.39, 0.29) is 17.6 Å². The summed E-state index contributed by atoms with van der Waals surface area (Å²) in [5.41, 5.74) is -0.256. The summed E-state index contributed by atoms with van der Waals surface area (Å²) in [6, 6.07) is 0. The molecule has 18 heavy (non-hydrogen) atoms. The molecule has 1 heterocycles. The Bertz CT molecular complexity index is 247. The highest BCUT2D eigenvalue weighted by Crippen LogP contribution is 2.27. The highest BCUT2D eigenvalue weighted by Gasteiger charge is 2.34. The van der Waals surface area contributed by atoms with Crippen molar-refractivity contribution in [2.75, 3.05) is 32.8 Å².